The lowest BCUT2D eigenvalue weighted by molar-refractivity contribution is -0.146. The maximum absolute atomic E-state index is 13.9. The molecule has 4 aromatic rings. The topological polar surface area (TPSA) is 119 Å². The molecule has 4 bridgehead atoms. The number of nitrogens with one attached hydrogen (secondary N) is 2. The van der Waals surface area contributed by atoms with Crippen molar-refractivity contribution in [2.75, 3.05) is 50.4 Å². The van der Waals surface area contributed by atoms with E-state index in [9.17, 15) is 14.4 Å². The molecule has 55 heavy (non-hydrogen) atoms. The summed E-state index contributed by atoms with van der Waals surface area (Å²) in [4.78, 5) is 55.7. The molecule has 2 saturated heterocycles. The first kappa shape index (κ1) is 36.5. The number of likely N-dealkylation sites (tertiary alicyclic amines) is 1. The number of pyridine rings is 2. The molecule has 0 atom stereocenters. The first-order valence-electron chi connectivity index (χ1n) is 20.3. The first-order chi connectivity index (χ1) is 26.5. The van der Waals surface area contributed by atoms with Crippen molar-refractivity contribution in [1.82, 2.24) is 34.9 Å². The van der Waals surface area contributed by atoms with Gasteiger partial charge >= 0.3 is 0 Å². The highest BCUT2D eigenvalue weighted by Crippen LogP contribution is 2.61. The zero-order valence-electron chi connectivity index (χ0n) is 32.6. The zero-order chi connectivity index (χ0) is 38.0. The van der Waals surface area contributed by atoms with Crippen LogP contribution < -0.4 is 15.8 Å². The number of hydrogen-bond acceptors (Lipinski definition) is 8. The van der Waals surface area contributed by atoms with Crippen molar-refractivity contribution >= 4 is 40.3 Å². The predicted octanol–water partition coefficient (Wildman–Crippen LogP) is 6.27. The van der Waals surface area contributed by atoms with Gasteiger partial charge in [-0.2, -0.15) is 5.10 Å². The Morgan fingerprint density at radius 3 is 2.36 bits per heavy atom. The van der Waals surface area contributed by atoms with Gasteiger partial charge in [0.25, 0.3) is 11.5 Å². The van der Waals surface area contributed by atoms with E-state index >= 15 is 0 Å². The smallest absolute Gasteiger partial charge is 0.254 e. The van der Waals surface area contributed by atoms with Crippen LogP contribution in [0, 0.1) is 30.1 Å². The number of hydrogen-bond donors (Lipinski definition) is 2. The molecule has 6 aliphatic rings. The summed E-state index contributed by atoms with van der Waals surface area (Å²) in [5.41, 5.74) is 4.75. The number of aromatic nitrogens is 4. The number of H-pyrrole nitrogens is 1. The van der Waals surface area contributed by atoms with Crippen LogP contribution in [0.1, 0.15) is 86.5 Å². The van der Waals surface area contributed by atoms with Crippen LogP contribution in [0.25, 0.3) is 22.0 Å². The summed E-state index contributed by atoms with van der Waals surface area (Å²) in [5, 5.41) is 8.45. The minimum atomic E-state index is -0.253. The zero-order valence-corrected chi connectivity index (χ0v) is 33.5. The van der Waals surface area contributed by atoms with Gasteiger partial charge in [0.2, 0.25) is 5.91 Å². The molecule has 10 rings (SSSR count). The average Bonchev–Trinajstić information content (AvgIpc) is 3.57. The summed E-state index contributed by atoms with van der Waals surface area (Å²) in [6, 6.07) is 10.7. The normalized spacial score (nSPS) is 25.2. The summed E-state index contributed by atoms with van der Waals surface area (Å²) < 4.78 is 1.95. The van der Waals surface area contributed by atoms with Gasteiger partial charge in [-0.1, -0.05) is 0 Å². The van der Waals surface area contributed by atoms with Crippen LogP contribution in [0.15, 0.2) is 52.4 Å². The highest BCUT2D eigenvalue weighted by Gasteiger charge is 2.52. The van der Waals surface area contributed by atoms with E-state index in [2.05, 4.69) is 56.1 Å². The van der Waals surface area contributed by atoms with Gasteiger partial charge in [-0.3, -0.25) is 24.0 Å². The fraction of sp³-hybridized carbons (Fsp3) is 0.558. The van der Waals surface area contributed by atoms with Crippen molar-refractivity contribution in [2.45, 2.75) is 89.2 Å². The molecule has 290 valence electrons. The maximum atomic E-state index is 13.9. The van der Waals surface area contributed by atoms with E-state index in [0.717, 1.165) is 102 Å². The molecule has 6 fully saturated rings. The molecule has 5 heterocycles. The third-order valence-electron chi connectivity index (χ3n) is 13.5. The van der Waals surface area contributed by atoms with Gasteiger partial charge in [-0.25, -0.2) is 4.98 Å². The van der Waals surface area contributed by atoms with Crippen LogP contribution in [0.3, 0.4) is 0 Å². The van der Waals surface area contributed by atoms with Crippen LogP contribution in [-0.4, -0.2) is 92.9 Å². The Bertz CT molecular complexity index is 2140. The summed E-state index contributed by atoms with van der Waals surface area (Å²) >= 11 is 1.50. The van der Waals surface area contributed by atoms with Crippen LogP contribution >= 0.6 is 11.8 Å². The number of benzene rings is 1. The van der Waals surface area contributed by atoms with E-state index in [4.69, 9.17) is 4.98 Å². The van der Waals surface area contributed by atoms with Crippen LogP contribution in [-0.2, 0) is 11.3 Å². The number of rotatable bonds is 10. The molecule has 0 unspecified atom stereocenters. The Labute approximate surface area is 327 Å². The molecule has 1 aromatic carbocycles. The Morgan fingerprint density at radius 1 is 0.982 bits per heavy atom. The van der Waals surface area contributed by atoms with Crippen LogP contribution in [0.4, 0.5) is 5.82 Å². The number of aromatic amines is 1. The molecule has 2 aliphatic heterocycles. The quantitative estimate of drug-likeness (QED) is 0.182. The van der Waals surface area contributed by atoms with E-state index in [0.29, 0.717) is 28.5 Å². The van der Waals surface area contributed by atoms with Crippen molar-refractivity contribution < 1.29 is 9.59 Å². The SMILES string of the molecule is CSc1cc(C)[nH]c(=O)c1CNC(=O)c1cc(-c2ccnc(N3CCN(C4CN(C(=O)CC56CC7CC(CC(C7)C5)C6)C4)CC3)c2)cc2c1cnn2C(C)C. The summed E-state index contributed by atoms with van der Waals surface area (Å²) in [6.07, 6.45) is 14.5. The van der Waals surface area contributed by atoms with Crippen LogP contribution in [0.2, 0.25) is 0 Å². The number of fused-ring (bicyclic) bond motifs is 1. The number of carbonyl (C=O) groups is 2. The Hall–Kier alpha value is -4.16. The lowest BCUT2D eigenvalue weighted by Crippen LogP contribution is -2.64. The van der Waals surface area contributed by atoms with Gasteiger partial charge in [-0.15, -0.1) is 11.8 Å². The van der Waals surface area contributed by atoms with Gasteiger partial charge in [0.05, 0.1) is 17.3 Å². The monoisotopic (exact) mass is 762 g/mol. The lowest BCUT2D eigenvalue weighted by Gasteiger charge is -2.57. The second-order valence-corrected chi connectivity index (χ2v) is 18.5. The van der Waals surface area contributed by atoms with Gasteiger partial charge in [-0.05, 0) is 130 Å². The first-order valence-corrected chi connectivity index (χ1v) is 21.6. The van der Waals surface area contributed by atoms with Crippen molar-refractivity contribution in [3.63, 3.8) is 0 Å². The summed E-state index contributed by atoms with van der Waals surface area (Å²) in [5.74, 6) is 3.72. The largest absolute Gasteiger partial charge is 0.354 e. The molecule has 3 aromatic heterocycles. The second-order valence-electron chi connectivity index (χ2n) is 17.6. The molecule has 2 N–H and O–H groups in total. The van der Waals surface area contributed by atoms with E-state index in [-0.39, 0.29) is 24.1 Å². The van der Waals surface area contributed by atoms with Gasteiger partial charge in [0.15, 0.2) is 0 Å². The van der Waals surface area contributed by atoms with E-state index in [1.165, 1.54) is 50.3 Å². The van der Waals surface area contributed by atoms with E-state index in [1.807, 2.05) is 42.3 Å². The van der Waals surface area contributed by atoms with Gasteiger partial charge in [0.1, 0.15) is 5.82 Å². The lowest BCUT2D eigenvalue weighted by atomic mass is 9.49. The van der Waals surface area contributed by atoms with Gasteiger partial charge < -0.3 is 20.1 Å². The molecule has 4 saturated carbocycles. The molecular weight excluding hydrogens is 709 g/mol. The third-order valence-corrected chi connectivity index (χ3v) is 14.3. The number of carbonyl (C=O) groups excluding carboxylic acids is 2. The number of anilines is 1. The Kier molecular flexibility index (Phi) is 9.55. The van der Waals surface area contributed by atoms with Gasteiger partial charge in [0, 0.05) is 92.1 Å². The summed E-state index contributed by atoms with van der Waals surface area (Å²) in [6.45, 7) is 11.5. The number of nitrogens with zero attached hydrogens (tertiary/aromatic N) is 6. The molecule has 11 nitrogen and oxygen atoms in total. The van der Waals surface area contributed by atoms with Crippen molar-refractivity contribution in [3.05, 3.63) is 69.9 Å². The van der Waals surface area contributed by atoms with Crippen LogP contribution in [0.5, 0.6) is 0 Å². The third kappa shape index (κ3) is 6.98. The van der Waals surface area contributed by atoms with Crippen molar-refractivity contribution in [2.24, 2.45) is 23.2 Å². The molecular formula is C43H54N8O3S. The van der Waals surface area contributed by atoms with E-state index < -0.39 is 0 Å². The minimum Gasteiger partial charge on any atom is -0.354 e. The summed E-state index contributed by atoms with van der Waals surface area (Å²) in [7, 11) is 0. The fourth-order valence-corrected chi connectivity index (χ4v) is 11.8. The van der Waals surface area contributed by atoms with Crippen molar-refractivity contribution in [3.8, 4) is 11.1 Å². The standard InChI is InChI=1S/C43H54N8O3S/c1-26(2)51-37-16-32(15-34(35(37)23-46-51)41(53)45-22-36-38(55-4)11-27(3)47-42(36)54)31-5-6-44-39(17-31)49-9-7-48(8-10-49)33-24-50(25-33)40(52)21-43-18-28-12-29(19-43)14-30(13-28)20-43/h5-6,11,15-17,23,26,28-30,33H,7-10,12-14,18-22,24-25H2,1-4H3,(H,45,53)(H,47,54). The number of thioether (sulfide) groups is 1. The fourth-order valence-electron chi connectivity index (χ4n) is 11.1. The molecule has 12 heteroatoms. The minimum absolute atomic E-state index is 0.103. The highest BCUT2D eigenvalue weighted by molar-refractivity contribution is 7.98. The van der Waals surface area contributed by atoms with Crippen molar-refractivity contribution in [1.29, 1.82) is 0 Å². The predicted molar refractivity (Wildman–Crippen MR) is 217 cm³/mol. The average molecular weight is 763 g/mol. The number of amides is 2. The molecule has 0 radical (unpaired) electrons. The molecule has 2 amide bonds. The Morgan fingerprint density at radius 2 is 1.69 bits per heavy atom. The maximum Gasteiger partial charge on any atom is 0.254 e. The van der Waals surface area contributed by atoms with E-state index in [1.54, 1.807) is 6.20 Å². The Balaban J connectivity index is 0.861. The number of aryl methyl sites for hydroxylation is 1. The second kappa shape index (κ2) is 14.4. The molecule has 4 aliphatic carbocycles. The molecule has 0 spiro atoms. The highest BCUT2D eigenvalue weighted by atomic mass is 32.2. The number of piperazine rings is 1.